The molecule has 1 fully saturated rings. The summed E-state index contributed by atoms with van der Waals surface area (Å²) in [5.74, 6) is -0.494. The Hall–Kier alpha value is -1.18. The van der Waals surface area contributed by atoms with E-state index in [9.17, 15) is 18.5 Å². The molecule has 14 heavy (non-hydrogen) atoms. The van der Waals surface area contributed by atoms with Crippen molar-refractivity contribution < 1.29 is 13.3 Å². The second-order valence-corrected chi connectivity index (χ2v) is 5.89. The summed E-state index contributed by atoms with van der Waals surface area (Å²) < 4.78 is 21.8. The lowest BCUT2D eigenvalue weighted by atomic mass is 10.4. The minimum Gasteiger partial charge on any atom is -0.386 e. The van der Waals surface area contributed by atoms with Gasteiger partial charge in [0.2, 0.25) is 9.84 Å². The van der Waals surface area contributed by atoms with Gasteiger partial charge in [-0.3, -0.25) is 15.5 Å². The summed E-state index contributed by atoms with van der Waals surface area (Å²) in [6.45, 7) is 0.998. The fourth-order valence-corrected chi connectivity index (χ4v) is 3.12. The molecule has 1 atom stereocenters. The van der Waals surface area contributed by atoms with Crippen LogP contribution in [0.5, 0.6) is 0 Å². The lowest BCUT2D eigenvalue weighted by Gasteiger charge is -2.14. The number of nitro groups is 1. The van der Waals surface area contributed by atoms with Crippen LogP contribution in [0.1, 0.15) is 19.8 Å². The van der Waals surface area contributed by atoms with Crippen molar-refractivity contribution in [1.82, 2.24) is 0 Å². The molecule has 0 heterocycles. The van der Waals surface area contributed by atoms with Gasteiger partial charge in [0.05, 0.1) is 0 Å². The molecule has 0 aromatic heterocycles. The predicted molar refractivity (Wildman–Crippen MR) is 49.3 cm³/mol. The van der Waals surface area contributed by atoms with Crippen molar-refractivity contribution in [1.29, 1.82) is 5.41 Å². The van der Waals surface area contributed by atoms with Crippen molar-refractivity contribution >= 4 is 15.7 Å². The maximum atomic E-state index is 11.6. The summed E-state index contributed by atoms with van der Waals surface area (Å²) in [7, 11) is -3.97. The lowest BCUT2D eigenvalue weighted by Crippen LogP contribution is -2.44. The maximum absolute atomic E-state index is 11.6. The van der Waals surface area contributed by atoms with Gasteiger partial charge in [0, 0.05) is 11.8 Å². The smallest absolute Gasteiger partial charge is 0.308 e. The lowest BCUT2D eigenvalue weighted by molar-refractivity contribution is -0.493. The fraction of sp³-hybridized carbons (Fsp3) is 0.833. The highest BCUT2D eigenvalue weighted by molar-refractivity contribution is 7.94. The van der Waals surface area contributed by atoms with Crippen molar-refractivity contribution in [3.05, 3.63) is 10.1 Å². The Bertz CT molecular complexity index is 384. The van der Waals surface area contributed by atoms with E-state index in [2.05, 4.69) is 0 Å². The van der Waals surface area contributed by atoms with E-state index in [4.69, 9.17) is 11.1 Å². The van der Waals surface area contributed by atoms with Crippen LogP contribution in [0.3, 0.4) is 0 Å². The standard InChI is InChI=1S/C6H11N3O4S/c1-4(9(10)11)14(12,13)6(2-3-6)5(7)8/h4H,2-3H2,1H3,(H3,7,8). The highest BCUT2D eigenvalue weighted by Gasteiger charge is 2.62. The molecule has 0 bridgehead atoms. The quantitative estimate of drug-likeness (QED) is 0.286. The SMILES string of the molecule is CC([N+](=O)[O-])S(=O)(=O)C1(C(=N)N)CC1. The van der Waals surface area contributed by atoms with Gasteiger partial charge < -0.3 is 5.73 Å². The van der Waals surface area contributed by atoms with Crippen molar-refractivity contribution in [2.75, 3.05) is 0 Å². The number of hydrogen-bond acceptors (Lipinski definition) is 5. The largest absolute Gasteiger partial charge is 0.386 e. The molecule has 0 radical (unpaired) electrons. The minimum atomic E-state index is -3.97. The second-order valence-electron chi connectivity index (χ2n) is 3.34. The third-order valence-electron chi connectivity index (χ3n) is 2.49. The van der Waals surface area contributed by atoms with Crippen molar-refractivity contribution in [2.24, 2.45) is 5.73 Å². The van der Waals surface area contributed by atoms with Gasteiger partial charge in [-0.05, 0) is 12.8 Å². The second kappa shape index (κ2) is 2.91. The molecule has 0 amide bonds. The van der Waals surface area contributed by atoms with Gasteiger partial charge in [0.25, 0.3) is 0 Å². The zero-order valence-electron chi connectivity index (χ0n) is 7.56. The zero-order chi connectivity index (χ0) is 11.1. The van der Waals surface area contributed by atoms with E-state index in [1.165, 1.54) is 0 Å². The minimum absolute atomic E-state index is 0.211. The Morgan fingerprint density at radius 3 is 2.29 bits per heavy atom. The van der Waals surface area contributed by atoms with Crippen molar-refractivity contribution in [3.8, 4) is 0 Å². The van der Waals surface area contributed by atoms with Crippen LogP contribution in [0, 0.1) is 15.5 Å². The first-order valence-electron chi connectivity index (χ1n) is 3.97. The number of nitrogens with one attached hydrogen (secondary N) is 1. The number of rotatable bonds is 4. The highest BCUT2D eigenvalue weighted by Crippen LogP contribution is 2.45. The molecule has 1 aliphatic carbocycles. The van der Waals surface area contributed by atoms with Gasteiger partial charge in [-0.25, -0.2) is 8.42 Å². The molecule has 1 aliphatic rings. The Kier molecular flexibility index (Phi) is 2.26. The van der Waals surface area contributed by atoms with Crippen LogP contribution in [0.2, 0.25) is 0 Å². The summed E-state index contributed by atoms with van der Waals surface area (Å²) in [4.78, 5) is 9.48. The first-order valence-corrected chi connectivity index (χ1v) is 5.52. The van der Waals surface area contributed by atoms with Crippen LogP contribution in [0.4, 0.5) is 0 Å². The van der Waals surface area contributed by atoms with Gasteiger partial charge in [-0.1, -0.05) is 0 Å². The van der Waals surface area contributed by atoms with Crippen LogP contribution in [-0.2, 0) is 9.84 Å². The highest BCUT2D eigenvalue weighted by atomic mass is 32.2. The first kappa shape index (κ1) is 10.9. The molecule has 80 valence electrons. The van der Waals surface area contributed by atoms with E-state index in [0.29, 0.717) is 0 Å². The Labute approximate surface area is 80.9 Å². The summed E-state index contributed by atoms with van der Waals surface area (Å²) in [6.07, 6.45) is 0.422. The summed E-state index contributed by atoms with van der Waals surface area (Å²) >= 11 is 0. The average Bonchev–Trinajstić information content (AvgIpc) is 2.82. The molecule has 7 nitrogen and oxygen atoms in total. The molecule has 0 spiro atoms. The number of nitrogens with zero attached hydrogens (tertiary/aromatic N) is 1. The van der Waals surface area contributed by atoms with Crippen LogP contribution in [0.25, 0.3) is 0 Å². The first-order chi connectivity index (χ1) is 6.25. The van der Waals surface area contributed by atoms with Crippen LogP contribution in [0.15, 0.2) is 0 Å². The van der Waals surface area contributed by atoms with Crippen LogP contribution >= 0.6 is 0 Å². The summed E-state index contributed by atoms with van der Waals surface area (Å²) in [6, 6.07) is 0. The molecule has 8 heteroatoms. The number of amidine groups is 1. The molecule has 0 aliphatic heterocycles. The zero-order valence-corrected chi connectivity index (χ0v) is 8.37. The van der Waals surface area contributed by atoms with E-state index in [-0.39, 0.29) is 12.8 Å². The number of sulfone groups is 1. The summed E-state index contributed by atoms with van der Waals surface area (Å²) in [5, 5.41) is 15.8. The maximum Gasteiger partial charge on any atom is 0.308 e. The van der Waals surface area contributed by atoms with Crippen molar-refractivity contribution in [2.45, 2.75) is 29.9 Å². The van der Waals surface area contributed by atoms with E-state index < -0.39 is 30.7 Å². The van der Waals surface area contributed by atoms with Gasteiger partial charge in [0.15, 0.2) is 0 Å². The van der Waals surface area contributed by atoms with Gasteiger partial charge in [-0.15, -0.1) is 0 Å². The van der Waals surface area contributed by atoms with E-state index in [0.717, 1.165) is 6.92 Å². The van der Waals surface area contributed by atoms with Crippen LogP contribution in [-0.4, -0.2) is 29.3 Å². The molecule has 1 unspecified atom stereocenters. The van der Waals surface area contributed by atoms with Gasteiger partial charge in [0.1, 0.15) is 10.6 Å². The van der Waals surface area contributed by atoms with Crippen molar-refractivity contribution in [3.63, 3.8) is 0 Å². The number of hydrogen-bond donors (Lipinski definition) is 2. The molecule has 1 rings (SSSR count). The Balaban J connectivity index is 3.09. The predicted octanol–water partition coefficient (Wildman–Crippen LogP) is -0.508. The third-order valence-corrected chi connectivity index (χ3v) is 5.27. The Morgan fingerprint density at radius 1 is 1.64 bits per heavy atom. The third kappa shape index (κ3) is 1.26. The molecule has 0 saturated heterocycles. The van der Waals surface area contributed by atoms with Gasteiger partial charge in [-0.2, -0.15) is 0 Å². The van der Waals surface area contributed by atoms with E-state index in [1.54, 1.807) is 0 Å². The molecule has 3 N–H and O–H groups in total. The normalized spacial score (nSPS) is 21.2. The molecule has 1 saturated carbocycles. The molecular weight excluding hydrogens is 210 g/mol. The molecule has 0 aromatic rings. The Morgan fingerprint density at radius 2 is 2.07 bits per heavy atom. The number of nitrogens with two attached hydrogens (primary N) is 1. The topological polar surface area (TPSA) is 127 Å². The monoisotopic (exact) mass is 221 g/mol. The molecular formula is C6H11N3O4S. The molecule has 0 aromatic carbocycles. The van der Waals surface area contributed by atoms with Crippen LogP contribution < -0.4 is 5.73 Å². The van der Waals surface area contributed by atoms with Gasteiger partial charge >= 0.3 is 5.37 Å². The fourth-order valence-electron chi connectivity index (χ4n) is 1.26. The summed E-state index contributed by atoms with van der Waals surface area (Å²) in [5.41, 5.74) is 5.14. The average molecular weight is 221 g/mol. The van der Waals surface area contributed by atoms with E-state index >= 15 is 0 Å². The van der Waals surface area contributed by atoms with E-state index in [1.807, 2.05) is 0 Å².